The maximum atomic E-state index is 12.4. The number of sulfonamides is 1. The molecule has 0 spiro atoms. The lowest BCUT2D eigenvalue weighted by Gasteiger charge is -2.14. The fraction of sp³-hybridized carbons (Fsp3) is 0.333. The maximum absolute atomic E-state index is 12.4. The first-order valence-electron chi connectivity index (χ1n) is 6.97. The Bertz CT molecular complexity index is 745. The molecule has 0 bridgehead atoms. The summed E-state index contributed by atoms with van der Waals surface area (Å²) in [5.74, 6) is 4.92. The van der Waals surface area contributed by atoms with E-state index in [1.807, 2.05) is 43.3 Å². The van der Waals surface area contributed by atoms with Crippen LogP contribution in [0.2, 0.25) is 0 Å². The van der Waals surface area contributed by atoms with Gasteiger partial charge in [0.25, 0.3) is 0 Å². The third-order valence-electron chi connectivity index (χ3n) is 3.36. The van der Waals surface area contributed by atoms with Crippen LogP contribution in [0, 0.1) is 0 Å². The van der Waals surface area contributed by atoms with Crippen molar-refractivity contribution in [3.8, 4) is 0 Å². The van der Waals surface area contributed by atoms with Gasteiger partial charge < -0.3 is 9.74 Å². The van der Waals surface area contributed by atoms with E-state index in [9.17, 15) is 8.42 Å². The van der Waals surface area contributed by atoms with Crippen LogP contribution in [0.25, 0.3) is 10.8 Å². The third-order valence-corrected chi connectivity index (χ3v) is 4.88. The summed E-state index contributed by atoms with van der Waals surface area (Å²) in [6.45, 7) is 0.593. The topological polar surface area (TPSA) is 84.7 Å². The molecule has 0 amide bonds. The van der Waals surface area contributed by atoms with Gasteiger partial charge in [0.1, 0.15) is 0 Å². The third kappa shape index (κ3) is 3.75. The molecular formula is C15H21N3O3S. The largest absolute Gasteiger partial charge is 0.378 e. The van der Waals surface area contributed by atoms with Gasteiger partial charge in [-0.15, -0.1) is 0 Å². The van der Waals surface area contributed by atoms with E-state index >= 15 is 0 Å². The number of nitrogens with zero attached hydrogens (tertiary/aromatic N) is 1. The Morgan fingerprint density at radius 3 is 2.68 bits per heavy atom. The van der Waals surface area contributed by atoms with Crippen LogP contribution in [-0.2, 0) is 14.9 Å². The first-order valence-corrected chi connectivity index (χ1v) is 8.45. The van der Waals surface area contributed by atoms with E-state index in [2.05, 4.69) is 9.56 Å². The quantitative estimate of drug-likeness (QED) is 0.595. The lowest BCUT2D eigenvalue weighted by atomic mass is 10.1. The van der Waals surface area contributed by atoms with Gasteiger partial charge in [-0.2, -0.15) is 0 Å². The highest BCUT2D eigenvalue weighted by Gasteiger charge is 2.16. The molecule has 7 heteroatoms. The monoisotopic (exact) mass is 323 g/mol. The highest BCUT2D eigenvalue weighted by Crippen LogP contribution is 2.26. The predicted molar refractivity (Wildman–Crippen MR) is 88.2 cm³/mol. The standard InChI is InChI=1S/C15H21N3O3S/c1-18(2)13-7-8-14-12(11-13)5-3-6-15(14)22(19,20)17-9-4-10-21-16/h3,5-8,11,17H,4,9-10,16H2,1-2H3. The van der Waals surface area contributed by atoms with Crippen molar-refractivity contribution in [3.63, 3.8) is 0 Å². The molecule has 2 aromatic rings. The summed E-state index contributed by atoms with van der Waals surface area (Å²) < 4.78 is 27.4. The molecule has 2 rings (SSSR count). The summed E-state index contributed by atoms with van der Waals surface area (Å²) in [5.41, 5.74) is 1.02. The number of nitrogens with one attached hydrogen (secondary N) is 1. The molecule has 0 unspecified atom stereocenters. The molecular weight excluding hydrogens is 302 g/mol. The summed E-state index contributed by atoms with van der Waals surface area (Å²) in [6, 6.07) is 11.0. The zero-order chi connectivity index (χ0) is 16.2. The van der Waals surface area contributed by atoms with Gasteiger partial charge in [-0.1, -0.05) is 18.2 Å². The van der Waals surface area contributed by atoms with E-state index in [0.717, 1.165) is 11.1 Å². The molecule has 0 fully saturated rings. The minimum Gasteiger partial charge on any atom is -0.378 e. The summed E-state index contributed by atoms with van der Waals surface area (Å²) in [7, 11) is 0.334. The number of nitrogens with two attached hydrogens (primary N) is 1. The van der Waals surface area contributed by atoms with Gasteiger partial charge in [-0.3, -0.25) is 0 Å². The summed E-state index contributed by atoms with van der Waals surface area (Å²) in [4.78, 5) is 6.69. The van der Waals surface area contributed by atoms with Gasteiger partial charge in [-0.05, 0) is 30.0 Å². The van der Waals surface area contributed by atoms with Crippen molar-refractivity contribution < 1.29 is 13.3 Å². The Balaban J connectivity index is 2.34. The van der Waals surface area contributed by atoms with Crippen LogP contribution >= 0.6 is 0 Å². The van der Waals surface area contributed by atoms with Crippen LogP contribution in [0.3, 0.4) is 0 Å². The van der Waals surface area contributed by atoms with Crippen LogP contribution in [0.1, 0.15) is 6.42 Å². The van der Waals surface area contributed by atoms with Crippen molar-refractivity contribution >= 4 is 26.5 Å². The van der Waals surface area contributed by atoms with Crippen molar-refractivity contribution in [2.24, 2.45) is 5.90 Å². The molecule has 2 aromatic carbocycles. The fourth-order valence-corrected chi connectivity index (χ4v) is 3.50. The zero-order valence-electron chi connectivity index (χ0n) is 12.7. The minimum atomic E-state index is -3.56. The van der Waals surface area contributed by atoms with E-state index in [0.29, 0.717) is 18.4 Å². The second-order valence-electron chi connectivity index (χ2n) is 5.18. The molecule has 0 saturated carbocycles. The van der Waals surface area contributed by atoms with E-state index in [-0.39, 0.29) is 11.4 Å². The molecule has 0 radical (unpaired) electrons. The van der Waals surface area contributed by atoms with Crippen LogP contribution in [0.4, 0.5) is 5.69 Å². The number of benzene rings is 2. The number of rotatable bonds is 7. The molecule has 120 valence electrons. The van der Waals surface area contributed by atoms with E-state index in [1.165, 1.54) is 0 Å². The highest BCUT2D eigenvalue weighted by atomic mass is 32.2. The van der Waals surface area contributed by atoms with Crippen LogP contribution in [-0.4, -0.2) is 35.7 Å². The first kappa shape index (κ1) is 16.7. The van der Waals surface area contributed by atoms with Gasteiger partial charge in [0.05, 0.1) is 11.5 Å². The number of hydrogen-bond donors (Lipinski definition) is 2. The van der Waals surface area contributed by atoms with E-state index in [1.54, 1.807) is 12.1 Å². The maximum Gasteiger partial charge on any atom is 0.241 e. The average molecular weight is 323 g/mol. The van der Waals surface area contributed by atoms with Crippen molar-refractivity contribution in [2.75, 3.05) is 32.1 Å². The fourth-order valence-electron chi connectivity index (χ4n) is 2.19. The smallest absolute Gasteiger partial charge is 0.241 e. The Morgan fingerprint density at radius 1 is 1.23 bits per heavy atom. The summed E-state index contributed by atoms with van der Waals surface area (Å²) in [6.07, 6.45) is 0.519. The van der Waals surface area contributed by atoms with Crippen LogP contribution < -0.4 is 15.5 Å². The van der Waals surface area contributed by atoms with Crippen molar-refractivity contribution in [3.05, 3.63) is 36.4 Å². The number of fused-ring (bicyclic) bond motifs is 1. The summed E-state index contributed by atoms with van der Waals surface area (Å²) >= 11 is 0. The molecule has 0 heterocycles. The predicted octanol–water partition coefficient (Wildman–Crippen LogP) is 1.46. The van der Waals surface area contributed by atoms with Gasteiger partial charge in [0.15, 0.2) is 0 Å². The Labute approximate surface area is 130 Å². The van der Waals surface area contributed by atoms with Gasteiger partial charge in [-0.25, -0.2) is 19.0 Å². The van der Waals surface area contributed by atoms with Crippen LogP contribution in [0.5, 0.6) is 0 Å². The Hall–Kier alpha value is -1.67. The van der Waals surface area contributed by atoms with Gasteiger partial charge in [0.2, 0.25) is 10.0 Å². The molecule has 0 aromatic heterocycles. The SMILES string of the molecule is CN(C)c1ccc2c(S(=O)(=O)NCCCON)cccc2c1. The summed E-state index contributed by atoms with van der Waals surface area (Å²) in [5, 5.41) is 1.59. The lowest BCUT2D eigenvalue weighted by Crippen LogP contribution is -2.26. The second-order valence-corrected chi connectivity index (χ2v) is 6.91. The second kappa shape index (κ2) is 7.06. The molecule has 3 N–H and O–H groups in total. The van der Waals surface area contributed by atoms with Crippen molar-refractivity contribution in [1.29, 1.82) is 0 Å². The Kier molecular flexibility index (Phi) is 5.36. The molecule has 0 aliphatic rings. The lowest BCUT2D eigenvalue weighted by molar-refractivity contribution is 0.136. The average Bonchev–Trinajstić information content (AvgIpc) is 2.50. The molecule has 0 saturated heterocycles. The van der Waals surface area contributed by atoms with Crippen LogP contribution in [0.15, 0.2) is 41.3 Å². The van der Waals surface area contributed by atoms with Crippen molar-refractivity contribution in [2.45, 2.75) is 11.3 Å². The minimum absolute atomic E-state index is 0.281. The molecule has 6 nitrogen and oxygen atoms in total. The van der Waals surface area contributed by atoms with E-state index < -0.39 is 10.0 Å². The number of anilines is 1. The normalized spacial score (nSPS) is 11.8. The Morgan fingerprint density at radius 2 is 2.00 bits per heavy atom. The molecule has 0 atom stereocenters. The highest BCUT2D eigenvalue weighted by molar-refractivity contribution is 7.89. The van der Waals surface area contributed by atoms with Gasteiger partial charge >= 0.3 is 0 Å². The molecule has 0 aliphatic heterocycles. The first-order chi connectivity index (χ1) is 10.5. The molecule has 22 heavy (non-hydrogen) atoms. The van der Waals surface area contributed by atoms with Crippen molar-refractivity contribution in [1.82, 2.24) is 4.72 Å². The van der Waals surface area contributed by atoms with E-state index in [4.69, 9.17) is 5.90 Å². The number of hydrogen-bond acceptors (Lipinski definition) is 5. The molecule has 0 aliphatic carbocycles. The van der Waals surface area contributed by atoms with Gasteiger partial charge in [0, 0.05) is 31.7 Å². The zero-order valence-corrected chi connectivity index (χ0v) is 13.6.